The summed E-state index contributed by atoms with van der Waals surface area (Å²) in [6.07, 6.45) is 9.90. The molecule has 0 spiro atoms. The molecule has 0 N–H and O–H groups in total. The predicted molar refractivity (Wildman–Crippen MR) is 64.8 cm³/mol. The summed E-state index contributed by atoms with van der Waals surface area (Å²) in [4.78, 5) is 19.1. The molecule has 0 atom stereocenters. The molecule has 0 bridgehead atoms. The van der Waals surface area contributed by atoms with Gasteiger partial charge in [0.25, 0.3) is 0 Å². The van der Waals surface area contributed by atoms with Crippen LogP contribution in [-0.2, 0) is 4.74 Å². The van der Waals surface area contributed by atoms with E-state index >= 15 is 0 Å². The lowest BCUT2D eigenvalue weighted by Gasteiger charge is -2.28. The van der Waals surface area contributed by atoms with Gasteiger partial charge >= 0.3 is 6.09 Å². The molecule has 0 aromatic rings. The molecule has 2 rings (SSSR count). The summed E-state index contributed by atoms with van der Waals surface area (Å²) in [7, 11) is 0. The highest BCUT2D eigenvalue weighted by molar-refractivity contribution is 5.82. The summed E-state index contributed by atoms with van der Waals surface area (Å²) in [6.45, 7) is 5.51. The first kappa shape index (κ1) is 11.4. The molecule has 0 saturated heterocycles. The third kappa shape index (κ3) is 2.75. The Balaban J connectivity index is 2.10. The van der Waals surface area contributed by atoms with E-state index in [1.165, 1.54) is 4.90 Å². The Morgan fingerprint density at radius 3 is 2.76 bits per heavy atom. The number of ether oxygens (including phenoxy) is 1. The van der Waals surface area contributed by atoms with Crippen molar-refractivity contribution in [3.05, 3.63) is 36.7 Å². The minimum absolute atomic E-state index is 0.399. The van der Waals surface area contributed by atoms with Gasteiger partial charge in [0.1, 0.15) is 5.60 Å². The van der Waals surface area contributed by atoms with Crippen molar-refractivity contribution in [1.29, 1.82) is 0 Å². The largest absolute Gasteiger partial charge is 0.443 e. The molecule has 1 amide bonds. The van der Waals surface area contributed by atoms with Gasteiger partial charge in [0.2, 0.25) is 0 Å². The van der Waals surface area contributed by atoms with Gasteiger partial charge in [-0.2, -0.15) is 0 Å². The average Bonchev–Trinajstić information content (AvgIpc) is 2.26. The molecule has 2 heterocycles. The molecule has 5 nitrogen and oxygen atoms in total. The fraction of sp³-hybridized carbons (Fsp3) is 0.333. The summed E-state index contributed by atoms with van der Waals surface area (Å²) >= 11 is 0. The van der Waals surface area contributed by atoms with Crippen molar-refractivity contribution in [3.8, 4) is 0 Å². The Labute approximate surface area is 100 Å². The number of fused-ring (bicyclic) bond motifs is 1. The quantitative estimate of drug-likeness (QED) is 0.645. The third-order valence-corrected chi connectivity index (χ3v) is 2.08. The average molecular weight is 233 g/mol. The van der Waals surface area contributed by atoms with Gasteiger partial charge in [-0.05, 0) is 20.8 Å². The minimum Gasteiger partial charge on any atom is -0.443 e. The van der Waals surface area contributed by atoms with Crippen molar-refractivity contribution in [3.63, 3.8) is 0 Å². The third-order valence-electron chi connectivity index (χ3n) is 2.08. The van der Waals surface area contributed by atoms with E-state index in [2.05, 4.69) is 4.99 Å². The molecule has 17 heavy (non-hydrogen) atoms. The second-order valence-corrected chi connectivity index (χ2v) is 4.72. The maximum atomic E-state index is 11.8. The number of amides is 1. The number of hydrogen-bond acceptors (Lipinski definition) is 4. The molecule has 0 aromatic heterocycles. The second-order valence-electron chi connectivity index (χ2n) is 4.72. The Bertz CT molecular complexity index is 441. The van der Waals surface area contributed by atoms with Crippen LogP contribution in [0.15, 0.2) is 41.7 Å². The minimum atomic E-state index is -0.499. The number of carbonyl (C=O) groups is 1. The van der Waals surface area contributed by atoms with E-state index in [-0.39, 0.29) is 0 Å². The fourth-order valence-electron chi connectivity index (χ4n) is 1.38. The summed E-state index contributed by atoms with van der Waals surface area (Å²) in [5, 5.41) is 0. The number of aliphatic imine (C=N–C) groups is 1. The van der Waals surface area contributed by atoms with E-state index in [0.29, 0.717) is 0 Å². The molecular formula is C12H15N3O2. The molecule has 0 radical (unpaired) electrons. The van der Waals surface area contributed by atoms with Gasteiger partial charge < -0.3 is 9.64 Å². The van der Waals surface area contributed by atoms with E-state index in [0.717, 1.165) is 5.70 Å². The summed E-state index contributed by atoms with van der Waals surface area (Å²) in [5.41, 5.74) is 0.321. The van der Waals surface area contributed by atoms with Gasteiger partial charge in [0.05, 0.1) is 11.9 Å². The van der Waals surface area contributed by atoms with E-state index in [9.17, 15) is 4.79 Å². The maximum absolute atomic E-state index is 11.8. The summed E-state index contributed by atoms with van der Waals surface area (Å²) < 4.78 is 5.27. The molecular weight excluding hydrogens is 218 g/mol. The summed E-state index contributed by atoms with van der Waals surface area (Å²) in [5.74, 6) is 0. The van der Waals surface area contributed by atoms with Crippen LogP contribution in [0.25, 0.3) is 0 Å². The number of allylic oxidation sites excluding steroid dienone is 1. The van der Waals surface area contributed by atoms with Crippen molar-refractivity contribution in [2.24, 2.45) is 4.99 Å². The smallest absolute Gasteiger partial charge is 0.418 e. The molecule has 90 valence electrons. The standard InChI is InChI=1S/C12H15N3O2/c1-12(2,3)17-11(16)15-7-6-14-5-4-13-8-10(14)9-15/h4-9H,1-3H3. The zero-order valence-electron chi connectivity index (χ0n) is 10.1. The second kappa shape index (κ2) is 4.08. The highest BCUT2D eigenvalue weighted by Crippen LogP contribution is 2.18. The van der Waals surface area contributed by atoms with E-state index in [1.54, 1.807) is 31.0 Å². The van der Waals surface area contributed by atoms with E-state index < -0.39 is 11.7 Å². The predicted octanol–water partition coefficient (Wildman–Crippen LogP) is 2.41. The normalized spacial score (nSPS) is 17.9. The highest BCUT2D eigenvalue weighted by atomic mass is 16.6. The van der Waals surface area contributed by atoms with Crippen LogP contribution in [0, 0.1) is 0 Å². The molecule has 2 aliphatic heterocycles. The van der Waals surface area contributed by atoms with Crippen molar-refractivity contribution in [2.75, 3.05) is 0 Å². The van der Waals surface area contributed by atoms with Gasteiger partial charge in [0, 0.05) is 31.0 Å². The SMILES string of the molecule is CC(C)(C)OC(=O)N1C=CN2C=CN=CC2=C1. The number of hydrogen-bond donors (Lipinski definition) is 0. The molecule has 0 unspecified atom stereocenters. The Hall–Kier alpha value is -2.04. The van der Waals surface area contributed by atoms with Crippen molar-refractivity contribution < 1.29 is 9.53 Å². The molecule has 0 aliphatic carbocycles. The molecule has 0 fully saturated rings. The van der Waals surface area contributed by atoms with Gasteiger partial charge in [-0.15, -0.1) is 0 Å². The van der Waals surface area contributed by atoms with Crippen molar-refractivity contribution in [2.45, 2.75) is 26.4 Å². The maximum Gasteiger partial charge on any atom is 0.418 e. The lowest BCUT2D eigenvalue weighted by molar-refractivity contribution is 0.0393. The lowest BCUT2D eigenvalue weighted by atomic mass is 10.2. The fourth-order valence-corrected chi connectivity index (χ4v) is 1.38. The molecule has 0 aromatic carbocycles. The van der Waals surface area contributed by atoms with Crippen LogP contribution in [0.5, 0.6) is 0 Å². The first-order valence-electron chi connectivity index (χ1n) is 5.35. The zero-order valence-corrected chi connectivity index (χ0v) is 10.1. The van der Waals surface area contributed by atoms with Crippen molar-refractivity contribution >= 4 is 12.3 Å². The van der Waals surface area contributed by atoms with Crippen LogP contribution in [0.4, 0.5) is 4.79 Å². The van der Waals surface area contributed by atoms with Crippen LogP contribution < -0.4 is 0 Å². The van der Waals surface area contributed by atoms with Crippen LogP contribution >= 0.6 is 0 Å². The molecule has 2 aliphatic rings. The van der Waals surface area contributed by atoms with Crippen LogP contribution in [0.2, 0.25) is 0 Å². The van der Waals surface area contributed by atoms with Crippen LogP contribution in [0.1, 0.15) is 20.8 Å². The monoisotopic (exact) mass is 233 g/mol. The van der Waals surface area contributed by atoms with Crippen LogP contribution in [0.3, 0.4) is 0 Å². The van der Waals surface area contributed by atoms with E-state index in [4.69, 9.17) is 4.74 Å². The first-order valence-corrected chi connectivity index (χ1v) is 5.35. The lowest BCUT2D eigenvalue weighted by Crippen LogP contribution is -2.33. The van der Waals surface area contributed by atoms with Gasteiger partial charge in [-0.1, -0.05) is 0 Å². The number of rotatable bonds is 0. The topological polar surface area (TPSA) is 45.1 Å². The molecule has 5 heteroatoms. The number of nitrogens with zero attached hydrogens (tertiary/aromatic N) is 3. The molecule has 0 saturated carbocycles. The Kier molecular flexibility index (Phi) is 2.75. The Morgan fingerprint density at radius 1 is 1.29 bits per heavy atom. The zero-order chi connectivity index (χ0) is 12.5. The first-order chi connectivity index (χ1) is 7.96. The van der Waals surface area contributed by atoms with Gasteiger partial charge in [-0.25, -0.2) is 4.79 Å². The van der Waals surface area contributed by atoms with Gasteiger partial charge in [0.15, 0.2) is 0 Å². The van der Waals surface area contributed by atoms with E-state index in [1.807, 2.05) is 31.9 Å². The highest BCUT2D eigenvalue weighted by Gasteiger charge is 2.22. The summed E-state index contributed by atoms with van der Waals surface area (Å²) in [6, 6.07) is 0. The van der Waals surface area contributed by atoms with Crippen LogP contribution in [-0.4, -0.2) is 27.7 Å². The Morgan fingerprint density at radius 2 is 2.06 bits per heavy atom. The van der Waals surface area contributed by atoms with Crippen molar-refractivity contribution in [1.82, 2.24) is 9.80 Å². The number of carbonyl (C=O) groups excluding carboxylic acids is 1. The van der Waals surface area contributed by atoms with Gasteiger partial charge in [-0.3, -0.25) is 9.89 Å².